The van der Waals surface area contributed by atoms with Gasteiger partial charge in [-0.2, -0.15) is 13.2 Å². The molecule has 1 rings (SSSR count). The number of carbonyl (C=O) groups excluding carboxylic acids is 1. The zero-order valence-electron chi connectivity index (χ0n) is 10.9. The number of hydrogen-bond donors (Lipinski definition) is 2. The maximum absolute atomic E-state index is 13.1. The lowest BCUT2D eigenvalue weighted by atomic mass is 10.0. The molecule has 0 spiro atoms. The minimum absolute atomic E-state index is 0.0988. The van der Waals surface area contributed by atoms with Crippen LogP contribution in [-0.4, -0.2) is 12.5 Å². The third kappa shape index (κ3) is 4.19. The van der Waals surface area contributed by atoms with Crippen LogP contribution in [0.1, 0.15) is 25.3 Å². The van der Waals surface area contributed by atoms with Gasteiger partial charge < -0.3 is 11.1 Å². The molecule has 20 heavy (non-hydrogen) atoms. The topological polar surface area (TPSA) is 55.1 Å². The van der Waals surface area contributed by atoms with Crippen LogP contribution in [0.3, 0.4) is 0 Å². The molecule has 1 aromatic carbocycles. The van der Waals surface area contributed by atoms with Crippen molar-refractivity contribution in [3.05, 3.63) is 29.6 Å². The lowest BCUT2D eigenvalue weighted by molar-refractivity contribution is -0.140. The molecule has 1 aromatic rings. The summed E-state index contributed by atoms with van der Waals surface area (Å²) in [6.07, 6.45) is -3.54. The quantitative estimate of drug-likeness (QED) is 0.819. The molecule has 3 N–H and O–H groups in total. The zero-order valence-corrected chi connectivity index (χ0v) is 10.9. The van der Waals surface area contributed by atoms with Crippen LogP contribution < -0.4 is 11.1 Å². The van der Waals surface area contributed by atoms with Crippen molar-refractivity contribution >= 4 is 11.6 Å². The van der Waals surface area contributed by atoms with Crippen LogP contribution in [0.15, 0.2) is 18.2 Å². The Morgan fingerprint density at radius 2 is 2.05 bits per heavy atom. The highest BCUT2D eigenvalue weighted by atomic mass is 19.4. The number of nitrogens with one attached hydrogen (secondary N) is 1. The fourth-order valence-corrected chi connectivity index (χ4v) is 1.77. The molecule has 0 aliphatic heterocycles. The summed E-state index contributed by atoms with van der Waals surface area (Å²) in [5.74, 6) is -2.31. The highest BCUT2D eigenvalue weighted by Crippen LogP contribution is 2.33. The molecule has 0 aromatic heterocycles. The molecule has 1 amide bonds. The molecule has 0 aliphatic rings. The monoisotopic (exact) mass is 292 g/mol. The highest BCUT2D eigenvalue weighted by molar-refractivity contribution is 5.92. The number of halogens is 4. The third-order valence-corrected chi connectivity index (χ3v) is 2.83. The van der Waals surface area contributed by atoms with Gasteiger partial charge >= 0.3 is 6.18 Å². The molecule has 1 atom stereocenters. The first-order valence-electron chi connectivity index (χ1n) is 6.17. The third-order valence-electron chi connectivity index (χ3n) is 2.83. The van der Waals surface area contributed by atoms with E-state index in [0.29, 0.717) is 18.6 Å². The van der Waals surface area contributed by atoms with E-state index in [0.717, 1.165) is 12.5 Å². The van der Waals surface area contributed by atoms with Gasteiger partial charge in [0.25, 0.3) is 0 Å². The zero-order chi connectivity index (χ0) is 15.3. The highest BCUT2D eigenvalue weighted by Gasteiger charge is 2.34. The molecule has 0 saturated carbocycles. The van der Waals surface area contributed by atoms with Gasteiger partial charge in [0.2, 0.25) is 5.91 Å². The second-order valence-corrected chi connectivity index (χ2v) is 4.40. The Morgan fingerprint density at radius 3 is 2.55 bits per heavy atom. The Hall–Kier alpha value is -1.63. The van der Waals surface area contributed by atoms with Crippen molar-refractivity contribution in [2.75, 3.05) is 11.9 Å². The van der Waals surface area contributed by atoms with Crippen LogP contribution in [0, 0.1) is 11.7 Å². The van der Waals surface area contributed by atoms with E-state index in [4.69, 9.17) is 5.73 Å². The Morgan fingerprint density at radius 1 is 1.40 bits per heavy atom. The van der Waals surface area contributed by atoms with Gasteiger partial charge in [-0.3, -0.25) is 4.79 Å². The van der Waals surface area contributed by atoms with Gasteiger partial charge in [0.15, 0.2) is 0 Å². The molecule has 0 bridgehead atoms. The van der Waals surface area contributed by atoms with Gasteiger partial charge in [-0.15, -0.1) is 0 Å². The molecule has 0 saturated heterocycles. The number of alkyl halides is 3. The molecule has 7 heteroatoms. The minimum atomic E-state index is -4.80. The van der Waals surface area contributed by atoms with Crippen LogP contribution in [0.25, 0.3) is 0 Å². The summed E-state index contributed by atoms with van der Waals surface area (Å²) >= 11 is 0. The van der Waals surface area contributed by atoms with Crippen molar-refractivity contribution in [1.82, 2.24) is 0 Å². The summed E-state index contributed by atoms with van der Waals surface area (Å²) in [5.41, 5.74) is 3.93. The number of amides is 1. The summed E-state index contributed by atoms with van der Waals surface area (Å²) < 4.78 is 50.7. The standard InChI is InChI=1S/C13H16F4N2O/c1-2-3-8(7-18)12(20)19-9-4-5-11(14)10(6-9)13(15,16)17/h4-6,8H,2-3,7,18H2,1H3,(H,19,20). The first-order chi connectivity index (χ1) is 9.29. The van der Waals surface area contributed by atoms with E-state index in [1.54, 1.807) is 0 Å². The van der Waals surface area contributed by atoms with Gasteiger partial charge in [-0.1, -0.05) is 13.3 Å². The summed E-state index contributed by atoms with van der Waals surface area (Å²) in [5, 5.41) is 2.33. The maximum Gasteiger partial charge on any atom is 0.419 e. The Bertz CT molecular complexity index is 474. The van der Waals surface area contributed by atoms with Crippen molar-refractivity contribution in [1.29, 1.82) is 0 Å². The Kier molecular flexibility index (Phi) is 5.50. The molecule has 1 unspecified atom stereocenters. The molecule has 0 radical (unpaired) electrons. The molecule has 3 nitrogen and oxygen atoms in total. The number of anilines is 1. The smallest absolute Gasteiger partial charge is 0.330 e. The lowest BCUT2D eigenvalue weighted by Crippen LogP contribution is -2.29. The van der Waals surface area contributed by atoms with Crippen molar-refractivity contribution in [3.63, 3.8) is 0 Å². The fourth-order valence-electron chi connectivity index (χ4n) is 1.77. The van der Waals surface area contributed by atoms with E-state index in [1.165, 1.54) is 0 Å². The van der Waals surface area contributed by atoms with Crippen molar-refractivity contribution in [2.24, 2.45) is 11.7 Å². The fraction of sp³-hybridized carbons (Fsp3) is 0.462. The summed E-state index contributed by atoms with van der Waals surface area (Å²) in [4.78, 5) is 11.8. The summed E-state index contributed by atoms with van der Waals surface area (Å²) in [7, 11) is 0. The minimum Gasteiger partial charge on any atom is -0.330 e. The van der Waals surface area contributed by atoms with Crippen molar-refractivity contribution in [3.8, 4) is 0 Å². The number of hydrogen-bond acceptors (Lipinski definition) is 2. The molecule has 0 aliphatic carbocycles. The average Bonchev–Trinajstić information content (AvgIpc) is 2.36. The van der Waals surface area contributed by atoms with E-state index in [-0.39, 0.29) is 12.2 Å². The van der Waals surface area contributed by atoms with Crippen LogP contribution in [0.2, 0.25) is 0 Å². The van der Waals surface area contributed by atoms with Crippen LogP contribution >= 0.6 is 0 Å². The normalized spacial score (nSPS) is 13.1. The van der Waals surface area contributed by atoms with Gasteiger partial charge in [0, 0.05) is 12.2 Å². The molecular weight excluding hydrogens is 276 g/mol. The number of nitrogens with two attached hydrogens (primary N) is 1. The number of carbonyl (C=O) groups is 1. The summed E-state index contributed by atoms with van der Waals surface area (Å²) in [6, 6.07) is 2.34. The average molecular weight is 292 g/mol. The first kappa shape index (κ1) is 16.4. The van der Waals surface area contributed by atoms with Crippen LogP contribution in [0.4, 0.5) is 23.2 Å². The predicted molar refractivity (Wildman–Crippen MR) is 67.5 cm³/mol. The van der Waals surface area contributed by atoms with Crippen LogP contribution in [0.5, 0.6) is 0 Å². The largest absolute Gasteiger partial charge is 0.419 e. The van der Waals surface area contributed by atoms with Gasteiger partial charge in [0.05, 0.1) is 11.5 Å². The van der Waals surface area contributed by atoms with E-state index >= 15 is 0 Å². The van der Waals surface area contributed by atoms with Gasteiger partial charge in [-0.05, 0) is 24.6 Å². The number of rotatable bonds is 5. The Balaban J connectivity index is 2.91. The second kappa shape index (κ2) is 6.69. The van der Waals surface area contributed by atoms with E-state index in [9.17, 15) is 22.4 Å². The SMILES string of the molecule is CCCC(CN)C(=O)Nc1ccc(F)c(C(F)(F)F)c1. The van der Waals surface area contributed by atoms with E-state index in [2.05, 4.69) is 5.32 Å². The lowest BCUT2D eigenvalue weighted by Gasteiger charge is -2.15. The van der Waals surface area contributed by atoms with Gasteiger partial charge in [-0.25, -0.2) is 4.39 Å². The molecule has 0 fully saturated rings. The van der Waals surface area contributed by atoms with Gasteiger partial charge in [0.1, 0.15) is 5.82 Å². The second-order valence-electron chi connectivity index (χ2n) is 4.40. The van der Waals surface area contributed by atoms with E-state index < -0.39 is 29.4 Å². The van der Waals surface area contributed by atoms with Crippen molar-refractivity contribution < 1.29 is 22.4 Å². The predicted octanol–water partition coefficient (Wildman–Crippen LogP) is 3.16. The molecular formula is C13H16F4N2O. The summed E-state index contributed by atoms with van der Waals surface area (Å²) in [6.45, 7) is 1.97. The van der Waals surface area contributed by atoms with E-state index in [1.807, 2.05) is 6.92 Å². The Labute approximate surface area is 114 Å². The van der Waals surface area contributed by atoms with Crippen molar-refractivity contribution in [2.45, 2.75) is 25.9 Å². The first-order valence-corrected chi connectivity index (χ1v) is 6.17. The molecule has 112 valence electrons. The maximum atomic E-state index is 13.1. The van der Waals surface area contributed by atoms with Crippen LogP contribution in [-0.2, 0) is 11.0 Å². The molecule has 0 heterocycles. The number of benzene rings is 1.